The smallest absolute Gasteiger partial charge is 0.268 e. The number of nitrogens with zero attached hydrogens (tertiary/aromatic N) is 2. The number of hydrogen-bond donors (Lipinski definition) is 2. The average Bonchev–Trinajstić information content (AvgIpc) is 3.02. The Hall–Kier alpha value is -1.69. The predicted molar refractivity (Wildman–Crippen MR) is 90.5 cm³/mol. The molecule has 2 aromatic heterocycles. The first kappa shape index (κ1) is 16.7. The molecule has 0 saturated heterocycles. The summed E-state index contributed by atoms with van der Waals surface area (Å²) in [5.74, 6) is 0.988. The number of unbranched alkanes of at least 4 members (excludes halogenated alkanes) is 1. The fourth-order valence-electron chi connectivity index (χ4n) is 2.19. The molecule has 0 unspecified atom stereocenters. The van der Waals surface area contributed by atoms with Crippen LogP contribution in [0.1, 0.15) is 59.7 Å². The standard InChI is InChI=1S/C16H24N4OS/c1-5-6-7-12-9-13(20-19-12)18-16(21)15-11(4)17-14(22-15)8-10(2)3/h9-10H,5-8H2,1-4H3,(H2,18,19,20,21). The van der Waals surface area contributed by atoms with Gasteiger partial charge in [0.15, 0.2) is 5.82 Å². The van der Waals surface area contributed by atoms with Crippen LogP contribution in [0.5, 0.6) is 0 Å². The Bertz CT molecular complexity index is 630. The second kappa shape index (κ2) is 7.54. The van der Waals surface area contributed by atoms with Crippen LogP contribution in [0.3, 0.4) is 0 Å². The average molecular weight is 320 g/mol. The minimum Gasteiger partial charge on any atom is -0.304 e. The van der Waals surface area contributed by atoms with Crippen LogP contribution in [-0.2, 0) is 12.8 Å². The van der Waals surface area contributed by atoms with Gasteiger partial charge in [-0.3, -0.25) is 9.89 Å². The fraction of sp³-hybridized carbons (Fsp3) is 0.562. The number of anilines is 1. The largest absolute Gasteiger partial charge is 0.304 e. The number of nitrogens with one attached hydrogen (secondary N) is 2. The van der Waals surface area contributed by atoms with Crippen molar-refractivity contribution in [2.75, 3.05) is 5.32 Å². The van der Waals surface area contributed by atoms with Gasteiger partial charge in [-0.15, -0.1) is 11.3 Å². The number of H-pyrrole nitrogens is 1. The third-order valence-corrected chi connectivity index (χ3v) is 4.48. The van der Waals surface area contributed by atoms with E-state index < -0.39 is 0 Å². The van der Waals surface area contributed by atoms with Crippen LogP contribution >= 0.6 is 11.3 Å². The molecule has 0 aliphatic rings. The molecule has 2 heterocycles. The molecule has 2 aromatic rings. The van der Waals surface area contributed by atoms with Crippen molar-refractivity contribution in [1.29, 1.82) is 0 Å². The van der Waals surface area contributed by atoms with Crippen LogP contribution in [0.25, 0.3) is 0 Å². The summed E-state index contributed by atoms with van der Waals surface area (Å²) in [5.41, 5.74) is 1.85. The summed E-state index contributed by atoms with van der Waals surface area (Å²) in [5, 5.41) is 11.0. The maximum Gasteiger partial charge on any atom is 0.268 e. The van der Waals surface area contributed by atoms with Crippen molar-refractivity contribution in [3.8, 4) is 0 Å². The molecule has 0 aliphatic heterocycles. The van der Waals surface area contributed by atoms with E-state index in [2.05, 4.69) is 41.3 Å². The highest BCUT2D eigenvalue weighted by molar-refractivity contribution is 7.13. The van der Waals surface area contributed by atoms with Crippen molar-refractivity contribution < 1.29 is 4.79 Å². The van der Waals surface area contributed by atoms with Gasteiger partial charge in [-0.1, -0.05) is 27.2 Å². The molecule has 22 heavy (non-hydrogen) atoms. The Morgan fingerprint density at radius 3 is 2.91 bits per heavy atom. The number of aromatic nitrogens is 3. The first-order valence-corrected chi connectivity index (χ1v) is 8.63. The lowest BCUT2D eigenvalue weighted by Gasteiger charge is -1.99. The van der Waals surface area contributed by atoms with Gasteiger partial charge in [-0.05, 0) is 25.7 Å². The molecule has 2 rings (SSSR count). The third kappa shape index (κ3) is 4.40. The molecule has 0 radical (unpaired) electrons. The normalized spacial score (nSPS) is 11.1. The van der Waals surface area contributed by atoms with Gasteiger partial charge < -0.3 is 5.32 Å². The molecule has 0 aliphatic carbocycles. The van der Waals surface area contributed by atoms with Crippen LogP contribution in [0.15, 0.2) is 6.07 Å². The van der Waals surface area contributed by atoms with Crippen LogP contribution in [-0.4, -0.2) is 21.1 Å². The van der Waals surface area contributed by atoms with E-state index in [0.717, 1.165) is 42.1 Å². The van der Waals surface area contributed by atoms with E-state index in [4.69, 9.17) is 0 Å². The van der Waals surface area contributed by atoms with E-state index in [1.807, 2.05) is 13.0 Å². The number of carbonyl (C=O) groups excluding carboxylic acids is 1. The number of rotatable bonds is 7. The van der Waals surface area contributed by atoms with Crippen molar-refractivity contribution in [2.24, 2.45) is 5.92 Å². The summed E-state index contributed by atoms with van der Waals surface area (Å²) in [7, 11) is 0. The number of amides is 1. The van der Waals surface area contributed by atoms with E-state index in [1.54, 1.807) is 0 Å². The molecule has 0 atom stereocenters. The number of carbonyl (C=O) groups is 1. The Morgan fingerprint density at radius 1 is 1.45 bits per heavy atom. The lowest BCUT2D eigenvalue weighted by molar-refractivity contribution is 0.102. The van der Waals surface area contributed by atoms with Crippen molar-refractivity contribution >= 4 is 23.1 Å². The van der Waals surface area contributed by atoms with E-state index in [1.165, 1.54) is 11.3 Å². The summed E-state index contributed by atoms with van der Waals surface area (Å²) < 4.78 is 0. The monoisotopic (exact) mass is 320 g/mol. The molecule has 5 nitrogen and oxygen atoms in total. The summed E-state index contributed by atoms with van der Waals surface area (Å²) in [4.78, 5) is 17.5. The molecular formula is C16H24N4OS. The molecule has 0 aromatic carbocycles. The van der Waals surface area contributed by atoms with Crippen LogP contribution in [0.2, 0.25) is 0 Å². The maximum atomic E-state index is 12.4. The Morgan fingerprint density at radius 2 is 2.23 bits per heavy atom. The number of aromatic amines is 1. The third-order valence-electron chi connectivity index (χ3n) is 3.30. The maximum absolute atomic E-state index is 12.4. The van der Waals surface area contributed by atoms with Gasteiger partial charge in [0.1, 0.15) is 4.88 Å². The fourth-order valence-corrected chi connectivity index (χ4v) is 3.37. The number of aryl methyl sites for hydroxylation is 2. The summed E-state index contributed by atoms with van der Waals surface area (Å²) in [6.07, 6.45) is 4.11. The topological polar surface area (TPSA) is 70.7 Å². The van der Waals surface area contributed by atoms with Gasteiger partial charge in [0.2, 0.25) is 0 Å². The van der Waals surface area contributed by atoms with Gasteiger partial charge in [0.25, 0.3) is 5.91 Å². The van der Waals surface area contributed by atoms with Crippen molar-refractivity contribution in [2.45, 2.75) is 53.4 Å². The van der Waals surface area contributed by atoms with Gasteiger partial charge >= 0.3 is 0 Å². The second-order valence-corrected chi connectivity index (χ2v) is 7.04. The van der Waals surface area contributed by atoms with E-state index >= 15 is 0 Å². The second-order valence-electron chi connectivity index (χ2n) is 5.96. The Labute approximate surface area is 135 Å². The lowest BCUT2D eigenvalue weighted by Crippen LogP contribution is -2.11. The summed E-state index contributed by atoms with van der Waals surface area (Å²) >= 11 is 1.47. The predicted octanol–water partition coefficient (Wildman–Crippen LogP) is 3.97. The zero-order valence-electron chi connectivity index (χ0n) is 13.7. The van der Waals surface area contributed by atoms with Gasteiger partial charge in [-0.25, -0.2) is 4.98 Å². The number of hydrogen-bond acceptors (Lipinski definition) is 4. The zero-order valence-corrected chi connectivity index (χ0v) is 14.5. The highest BCUT2D eigenvalue weighted by Crippen LogP contribution is 2.22. The summed E-state index contributed by atoms with van der Waals surface area (Å²) in [6.45, 7) is 8.34. The van der Waals surface area contributed by atoms with Gasteiger partial charge in [0, 0.05) is 18.2 Å². The molecule has 2 N–H and O–H groups in total. The quantitative estimate of drug-likeness (QED) is 0.811. The molecule has 0 bridgehead atoms. The molecule has 0 saturated carbocycles. The first-order chi connectivity index (χ1) is 10.5. The first-order valence-electron chi connectivity index (χ1n) is 7.81. The molecular weight excluding hydrogens is 296 g/mol. The van der Waals surface area contributed by atoms with Gasteiger partial charge in [0.05, 0.1) is 10.7 Å². The van der Waals surface area contributed by atoms with Crippen molar-refractivity contribution in [3.05, 3.63) is 27.3 Å². The Kier molecular flexibility index (Phi) is 5.71. The minimum atomic E-state index is -0.126. The molecule has 1 amide bonds. The molecule has 6 heteroatoms. The molecule has 0 fully saturated rings. The molecule has 120 valence electrons. The van der Waals surface area contributed by atoms with E-state index in [-0.39, 0.29) is 5.91 Å². The van der Waals surface area contributed by atoms with Gasteiger partial charge in [-0.2, -0.15) is 5.10 Å². The summed E-state index contributed by atoms with van der Waals surface area (Å²) in [6, 6.07) is 1.90. The lowest BCUT2D eigenvalue weighted by atomic mass is 10.1. The van der Waals surface area contributed by atoms with Crippen molar-refractivity contribution in [3.63, 3.8) is 0 Å². The van der Waals surface area contributed by atoms with E-state index in [0.29, 0.717) is 16.6 Å². The van der Waals surface area contributed by atoms with E-state index in [9.17, 15) is 4.79 Å². The SMILES string of the molecule is CCCCc1cc(NC(=O)c2sc(CC(C)C)nc2C)n[nH]1. The Balaban J connectivity index is 2.02. The highest BCUT2D eigenvalue weighted by Gasteiger charge is 2.17. The van der Waals surface area contributed by atoms with Crippen molar-refractivity contribution in [1.82, 2.24) is 15.2 Å². The zero-order chi connectivity index (χ0) is 16.1. The van der Waals surface area contributed by atoms with Crippen LogP contribution < -0.4 is 5.32 Å². The van der Waals surface area contributed by atoms with Crippen LogP contribution in [0, 0.1) is 12.8 Å². The number of thiazole rings is 1. The minimum absolute atomic E-state index is 0.126. The highest BCUT2D eigenvalue weighted by atomic mass is 32.1. The van der Waals surface area contributed by atoms with Crippen LogP contribution in [0.4, 0.5) is 5.82 Å². The molecule has 0 spiro atoms.